The van der Waals surface area contributed by atoms with Crippen LogP contribution in [0, 0.1) is 10.1 Å². The second-order valence-electron chi connectivity index (χ2n) is 5.03. The Balaban J connectivity index is 1.62. The van der Waals surface area contributed by atoms with Crippen LogP contribution in [-0.4, -0.2) is 10.9 Å². The topological polar surface area (TPSA) is 82.6 Å². The van der Waals surface area contributed by atoms with E-state index in [2.05, 4.69) is 0 Å². The first-order valence-electron chi connectivity index (χ1n) is 7.19. The molecule has 0 spiro atoms. The second-order valence-corrected chi connectivity index (χ2v) is 5.03. The van der Waals surface area contributed by atoms with Crippen molar-refractivity contribution in [2.24, 2.45) is 0 Å². The molecule has 6 heteroatoms. The molecule has 2 aromatic carbocycles. The van der Waals surface area contributed by atoms with Gasteiger partial charge in [0.05, 0.1) is 6.07 Å². The van der Waals surface area contributed by atoms with Crippen LogP contribution in [0.5, 0.6) is 0 Å². The van der Waals surface area contributed by atoms with Crippen molar-refractivity contribution in [1.29, 1.82) is 0 Å². The maximum absolute atomic E-state index is 11.8. The SMILES string of the molecule is O=C(OCc1ccc(-c2ccccc2)cc1)c1ccc([N+](=O)[O-])o1. The number of nitrogens with zero attached hydrogens (tertiary/aromatic N) is 1. The summed E-state index contributed by atoms with van der Waals surface area (Å²) in [6.45, 7) is 0.0579. The molecule has 0 radical (unpaired) electrons. The highest BCUT2D eigenvalue weighted by Crippen LogP contribution is 2.20. The van der Waals surface area contributed by atoms with Gasteiger partial charge in [-0.25, -0.2) is 4.79 Å². The van der Waals surface area contributed by atoms with Crippen LogP contribution in [0.25, 0.3) is 11.1 Å². The van der Waals surface area contributed by atoms with Gasteiger partial charge >= 0.3 is 11.9 Å². The van der Waals surface area contributed by atoms with Crippen molar-refractivity contribution < 1.29 is 18.9 Å². The van der Waals surface area contributed by atoms with Crippen LogP contribution < -0.4 is 0 Å². The smallest absolute Gasteiger partial charge is 0.433 e. The van der Waals surface area contributed by atoms with Gasteiger partial charge < -0.3 is 9.15 Å². The number of benzene rings is 2. The molecule has 0 atom stereocenters. The normalized spacial score (nSPS) is 10.3. The highest BCUT2D eigenvalue weighted by Gasteiger charge is 2.18. The molecular weight excluding hydrogens is 310 g/mol. The highest BCUT2D eigenvalue weighted by molar-refractivity contribution is 5.86. The molecule has 3 aromatic rings. The summed E-state index contributed by atoms with van der Waals surface area (Å²) in [7, 11) is 0. The Morgan fingerprint density at radius 1 is 0.958 bits per heavy atom. The Hall–Kier alpha value is -3.41. The van der Waals surface area contributed by atoms with Gasteiger partial charge in [0.25, 0.3) is 0 Å². The van der Waals surface area contributed by atoms with E-state index < -0.39 is 16.8 Å². The summed E-state index contributed by atoms with van der Waals surface area (Å²) in [6, 6.07) is 19.9. The van der Waals surface area contributed by atoms with Crippen LogP contribution in [0.1, 0.15) is 16.1 Å². The predicted molar refractivity (Wildman–Crippen MR) is 86.4 cm³/mol. The van der Waals surface area contributed by atoms with Crippen molar-refractivity contribution in [2.75, 3.05) is 0 Å². The van der Waals surface area contributed by atoms with E-state index >= 15 is 0 Å². The van der Waals surface area contributed by atoms with E-state index in [4.69, 9.17) is 9.15 Å². The Labute approximate surface area is 137 Å². The molecule has 0 saturated heterocycles. The van der Waals surface area contributed by atoms with Gasteiger partial charge in [0.2, 0.25) is 5.76 Å². The van der Waals surface area contributed by atoms with Gasteiger partial charge in [-0.05, 0) is 22.8 Å². The van der Waals surface area contributed by atoms with Crippen molar-refractivity contribution in [1.82, 2.24) is 0 Å². The van der Waals surface area contributed by atoms with Gasteiger partial charge in [0, 0.05) is 0 Å². The maximum atomic E-state index is 11.8. The fourth-order valence-electron chi connectivity index (χ4n) is 2.18. The average molecular weight is 323 g/mol. The zero-order valence-electron chi connectivity index (χ0n) is 12.5. The van der Waals surface area contributed by atoms with Crippen LogP contribution in [0.4, 0.5) is 5.88 Å². The first kappa shape index (κ1) is 15.5. The standard InChI is InChI=1S/C18H13NO5/c20-18(16-10-11-17(24-16)19(21)22)23-12-13-6-8-15(9-7-13)14-4-2-1-3-5-14/h1-11H,12H2. The van der Waals surface area contributed by atoms with Crippen LogP contribution in [-0.2, 0) is 11.3 Å². The summed E-state index contributed by atoms with van der Waals surface area (Å²) in [5.41, 5.74) is 2.97. The van der Waals surface area contributed by atoms with Crippen LogP contribution >= 0.6 is 0 Å². The second kappa shape index (κ2) is 6.78. The molecule has 0 aliphatic heterocycles. The van der Waals surface area contributed by atoms with E-state index in [0.29, 0.717) is 0 Å². The highest BCUT2D eigenvalue weighted by atomic mass is 16.7. The van der Waals surface area contributed by atoms with E-state index in [1.54, 1.807) is 0 Å². The number of hydrogen-bond acceptors (Lipinski definition) is 5. The van der Waals surface area contributed by atoms with Gasteiger partial charge in [-0.1, -0.05) is 54.6 Å². The number of esters is 1. The predicted octanol–water partition coefficient (Wildman–Crippen LogP) is 4.21. The monoisotopic (exact) mass is 323 g/mol. The number of nitro groups is 1. The van der Waals surface area contributed by atoms with Crippen LogP contribution in [0.2, 0.25) is 0 Å². The minimum atomic E-state index is -0.741. The molecule has 0 saturated carbocycles. The first-order valence-corrected chi connectivity index (χ1v) is 7.19. The summed E-state index contributed by atoms with van der Waals surface area (Å²) in [4.78, 5) is 21.6. The molecule has 6 nitrogen and oxygen atoms in total. The molecule has 120 valence electrons. The van der Waals surface area contributed by atoms with Crippen molar-refractivity contribution in [3.63, 3.8) is 0 Å². The zero-order chi connectivity index (χ0) is 16.9. The summed E-state index contributed by atoms with van der Waals surface area (Å²) in [6.07, 6.45) is 0. The third kappa shape index (κ3) is 3.49. The maximum Gasteiger partial charge on any atom is 0.433 e. The summed E-state index contributed by atoms with van der Waals surface area (Å²) < 4.78 is 9.90. The van der Waals surface area contributed by atoms with E-state index in [1.165, 1.54) is 6.07 Å². The Bertz CT molecular complexity index is 853. The fourth-order valence-corrected chi connectivity index (χ4v) is 2.18. The van der Waals surface area contributed by atoms with Gasteiger partial charge in [-0.3, -0.25) is 10.1 Å². The van der Waals surface area contributed by atoms with Crippen LogP contribution in [0.3, 0.4) is 0 Å². The average Bonchev–Trinajstić information content (AvgIpc) is 3.11. The van der Waals surface area contributed by atoms with E-state index in [0.717, 1.165) is 22.8 Å². The lowest BCUT2D eigenvalue weighted by atomic mass is 10.0. The molecule has 0 aliphatic carbocycles. The minimum Gasteiger partial charge on any atom is -0.455 e. The van der Waals surface area contributed by atoms with Gasteiger partial charge in [0.1, 0.15) is 11.5 Å². The summed E-state index contributed by atoms with van der Waals surface area (Å²) in [5, 5.41) is 10.5. The molecule has 24 heavy (non-hydrogen) atoms. The minimum absolute atomic E-state index is 0.0579. The van der Waals surface area contributed by atoms with Crippen molar-refractivity contribution in [2.45, 2.75) is 6.61 Å². The zero-order valence-corrected chi connectivity index (χ0v) is 12.5. The summed E-state index contributed by atoms with van der Waals surface area (Å²) >= 11 is 0. The number of ether oxygens (including phenoxy) is 1. The molecule has 0 fully saturated rings. The van der Waals surface area contributed by atoms with Crippen molar-refractivity contribution >= 4 is 11.9 Å². The Morgan fingerprint density at radius 3 is 2.25 bits per heavy atom. The molecule has 1 heterocycles. The first-order chi connectivity index (χ1) is 11.6. The molecule has 0 aliphatic rings. The van der Waals surface area contributed by atoms with Gasteiger partial charge in [-0.2, -0.15) is 0 Å². The number of furan rings is 1. The Morgan fingerprint density at radius 2 is 1.62 bits per heavy atom. The molecule has 0 N–H and O–H groups in total. The van der Waals surface area contributed by atoms with E-state index in [-0.39, 0.29) is 12.4 Å². The lowest BCUT2D eigenvalue weighted by Gasteiger charge is -2.05. The third-order valence-electron chi connectivity index (χ3n) is 3.40. The lowest BCUT2D eigenvalue weighted by molar-refractivity contribution is -0.402. The summed E-state index contributed by atoms with van der Waals surface area (Å²) in [5.74, 6) is -1.42. The number of carbonyl (C=O) groups is 1. The number of carbonyl (C=O) groups excluding carboxylic acids is 1. The van der Waals surface area contributed by atoms with Crippen LogP contribution in [0.15, 0.2) is 71.1 Å². The van der Waals surface area contributed by atoms with Crippen molar-refractivity contribution in [3.05, 3.63) is 88.2 Å². The van der Waals surface area contributed by atoms with E-state index in [1.807, 2.05) is 54.6 Å². The molecular formula is C18H13NO5. The molecule has 0 amide bonds. The molecule has 3 rings (SSSR count). The lowest BCUT2D eigenvalue weighted by Crippen LogP contribution is -2.03. The quantitative estimate of drug-likeness (QED) is 0.399. The third-order valence-corrected chi connectivity index (χ3v) is 3.40. The number of hydrogen-bond donors (Lipinski definition) is 0. The Kier molecular flexibility index (Phi) is 4.38. The van der Waals surface area contributed by atoms with Gasteiger partial charge in [0.15, 0.2) is 0 Å². The molecule has 0 bridgehead atoms. The molecule has 0 unspecified atom stereocenters. The van der Waals surface area contributed by atoms with Crippen molar-refractivity contribution in [3.8, 4) is 11.1 Å². The fraction of sp³-hybridized carbons (Fsp3) is 0.0556. The van der Waals surface area contributed by atoms with E-state index in [9.17, 15) is 14.9 Å². The largest absolute Gasteiger partial charge is 0.455 e. The van der Waals surface area contributed by atoms with Gasteiger partial charge in [-0.15, -0.1) is 0 Å². The molecule has 1 aromatic heterocycles. The number of rotatable bonds is 5.